The molecule has 0 saturated heterocycles. The molecule has 1 amide bonds. The summed E-state index contributed by atoms with van der Waals surface area (Å²) in [5.41, 5.74) is 0. The zero-order valence-corrected chi connectivity index (χ0v) is 6.86. The number of amides is 1. The van der Waals surface area contributed by atoms with E-state index in [9.17, 15) is 4.79 Å². The Morgan fingerprint density at radius 3 is 2.38 bits per heavy atom. The van der Waals surface area contributed by atoms with Crippen molar-refractivity contribution in [3.05, 3.63) is 0 Å². The minimum atomic E-state index is -0.477. The second kappa shape index (κ2) is 3.87. The van der Waals surface area contributed by atoms with Crippen LogP contribution in [0.3, 0.4) is 0 Å². The van der Waals surface area contributed by atoms with E-state index in [0.29, 0.717) is 0 Å². The van der Waals surface area contributed by atoms with E-state index in [1.165, 1.54) is 6.19 Å². The van der Waals surface area contributed by atoms with Gasteiger partial charge in [0.05, 0.1) is 0 Å². The number of nitrogens with zero attached hydrogens (tertiary/aromatic N) is 1. The Hall–Kier alpha value is -0.0800. The third kappa shape index (κ3) is 2.99. The number of hydrogen-bond donors (Lipinski definition) is 1. The van der Waals surface area contributed by atoms with Gasteiger partial charge in [-0.3, -0.25) is 10.1 Å². The zero-order chi connectivity index (χ0) is 6.57. The lowest BCUT2D eigenvalue weighted by molar-refractivity contribution is -0.117. The number of alkyl halides is 2. The summed E-state index contributed by atoms with van der Waals surface area (Å²) in [5.74, 6) is -0.396. The van der Waals surface area contributed by atoms with Gasteiger partial charge in [-0.25, -0.2) is 0 Å². The predicted molar refractivity (Wildman–Crippen MR) is 35.4 cm³/mol. The number of nitriles is 1. The first kappa shape index (κ1) is 7.92. The van der Waals surface area contributed by atoms with Crippen LogP contribution < -0.4 is 5.32 Å². The highest BCUT2D eigenvalue weighted by molar-refractivity contribution is 9.25. The van der Waals surface area contributed by atoms with Crippen LogP contribution in [0.2, 0.25) is 0 Å². The summed E-state index contributed by atoms with van der Waals surface area (Å²) in [4.78, 5) is 10.3. The van der Waals surface area contributed by atoms with Gasteiger partial charge < -0.3 is 0 Å². The molecule has 0 bridgehead atoms. The second-order valence-electron chi connectivity index (χ2n) is 0.902. The first-order valence-electron chi connectivity index (χ1n) is 1.65. The number of carbonyl (C=O) groups is 1. The SMILES string of the molecule is N#CNC(=O)C(Br)Br. The van der Waals surface area contributed by atoms with Crippen molar-refractivity contribution in [3.63, 3.8) is 0 Å². The lowest BCUT2D eigenvalue weighted by atomic mass is 10.7. The number of halogens is 2. The molecule has 0 rings (SSSR count). The van der Waals surface area contributed by atoms with Crippen LogP contribution >= 0.6 is 31.9 Å². The second-order valence-corrected chi connectivity index (χ2v) is 3.96. The fourth-order valence-electron chi connectivity index (χ4n) is 0.110. The Balaban J connectivity index is 3.53. The molecule has 3 nitrogen and oxygen atoms in total. The van der Waals surface area contributed by atoms with Crippen molar-refractivity contribution >= 4 is 37.8 Å². The van der Waals surface area contributed by atoms with Crippen molar-refractivity contribution in [1.82, 2.24) is 5.32 Å². The summed E-state index contributed by atoms with van der Waals surface area (Å²) in [6, 6.07) is 0. The van der Waals surface area contributed by atoms with Crippen LogP contribution in [0.25, 0.3) is 0 Å². The van der Waals surface area contributed by atoms with Gasteiger partial charge in [-0.2, -0.15) is 5.26 Å². The van der Waals surface area contributed by atoms with E-state index >= 15 is 0 Å². The lowest BCUT2D eigenvalue weighted by Crippen LogP contribution is -2.22. The van der Waals surface area contributed by atoms with Crippen LogP contribution in [-0.2, 0) is 4.79 Å². The van der Waals surface area contributed by atoms with Crippen molar-refractivity contribution in [2.75, 3.05) is 0 Å². The molecule has 0 fully saturated rings. The normalized spacial score (nSPS) is 8.25. The molecule has 0 atom stereocenters. The van der Waals surface area contributed by atoms with Gasteiger partial charge in [0, 0.05) is 0 Å². The standard InChI is InChI=1S/C3H2Br2N2O/c4-2(5)3(8)7-1-6/h2H,(H,7,8). The molecule has 0 aromatic heterocycles. The van der Waals surface area contributed by atoms with Gasteiger partial charge in [0.15, 0.2) is 6.19 Å². The van der Waals surface area contributed by atoms with E-state index in [0.717, 1.165) is 0 Å². The molecule has 0 aliphatic heterocycles. The fraction of sp³-hybridized carbons (Fsp3) is 0.333. The Morgan fingerprint density at radius 1 is 1.75 bits per heavy atom. The first-order chi connectivity index (χ1) is 3.68. The predicted octanol–water partition coefficient (Wildman–Crippen LogP) is 0.700. The highest BCUT2D eigenvalue weighted by atomic mass is 79.9. The molecule has 0 aliphatic carbocycles. The van der Waals surface area contributed by atoms with Gasteiger partial charge in [0.2, 0.25) is 0 Å². The lowest BCUT2D eigenvalue weighted by Gasteiger charge is -1.92. The highest BCUT2D eigenvalue weighted by Gasteiger charge is 2.07. The maximum absolute atomic E-state index is 10.3. The number of hydrogen-bond acceptors (Lipinski definition) is 2. The van der Waals surface area contributed by atoms with Gasteiger partial charge in [0.25, 0.3) is 5.91 Å². The highest BCUT2D eigenvalue weighted by Crippen LogP contribution is 2.06. The molecule has 0 saturated carbocycles. The molecule has 44 valence electrons. The molecular weight excluding hydrogens is 240 g/mol. The van der Waals surface area contributed by atoms with Gasteiger partial charge in [-0.1, -0.05) is 31.9 Å². The molecule has 0 spiro atoms. The molecule has 0 unspecified atom stereocenters. The average molecular weight is 242 g/mol. The molecular formula is C3H2Br2N2O. The maximum atomic E-state index is 10.3. The number of nitrogens with one attached hydrogen (secondary N) is 1. The summed E-state index contributed by atoms with van der Waals surface area (Å²) in [5, 5.41) is 9.78. The van der Waals surface area contributed by atoms with Crippen LogP contribution in [0.4, 0.5) is 0 Å². The summed E-state index contributed by atoms with van der Waals surface area (Å²) < 4.78 is -0.477. The van der Waals surface area contributed by atoms with Crippen LogP contribution in [0, 0.1) is 11.5 Å². The van der Waals surface area contributed by atoms with Crippen molar-refractivity contribution in [2.24, 2.45) is 0 Å². The monoisotopic (exact) mass is 240 g/mol. The first-order valence-corrected chi connectivity index (χ1v) is 3.48. The van der Waals surface area contributed by atoms with Crippen LogP contribution in [0.15, 0.2) is 0 Å². The number of rotatable bonds is 1. The molecule has 0 radical (unpaired) electrons. The molecule has 0 aliphatic rings. The maximum Gasteiger partial charge on any atom is 0.257 e. The van der Waals surface area contributed by atoms with Crippen molar-refractivity contribution in [3.8, 4) is 6.19 Å². The van der Waals surface area contributed by atoms with Crippen LogP contribution in [-0.4, -0.2) is 9.64 Å². The van der Waals surface area contributed by atoms with Gasteiger partial charge in [0.1, 0.15) is 3.74 Å². The Bertz CT molecular complexity index is 128. The van der Waals surface area contributed by atoms with E-state index in [1.807, 2.05) is 5.32 Å². The van der Waals surface area contributed by atoms with Crippen molar-refractivity contribution < 1.29 is 4.79 Å². The Kier molecular flexibility index (Phi) is 3.83. The van der Waals surface area contributed by atoms with Crippen LogP contribution in [0.5, 0.6) is 0 Å². The minimum Gasteiger partial charge on any atom is -0.272 e. The topological polar surface area (TPSA) is 52.9 Å². The van der Waals surface area contributed by atoms with E-state index in [-0.39, 0.29) is 0 Å². The quantitative estimate of drug-likeness (QED) is 0.418. The third-order valence-corrected chi connectivity index (χ3v) is 1.21. The zero-order valence-electron chi connectivity index (χ0n) is 3.69. The van der Waals surface area contributed by atoms with Gasteiger partial charge in [-0.15, -0.1) is 0 Å². The molecule has 1 N–H and O–H groups in total. The molecule has 0 heterocycles. The van der Waals surface area contributed by atoms with E-state index in [1.54, 1.807) is 0 Å². The molecule has 8 heavy (non-hydrogen) atoms. The molecule has 5 heteroatoms. The van der Waals surface area contributed by atoms with Crippen molar-refractivity contribution in [2.45, 2.75) is 3.74 Å². The number of carbonyl (C=O) groups excluding carboxylic acids is 1. The summed E-state index contributed by atoms with van der Waals surface area (Å²) in [6.45, 7) is 0. The largest absolute Gasteiger partial charge is 0.272 e. The fourth-order valence-corrected chi connectivity index (χ4v) is 0.339. The smallest absolute Gasteiger partial charge is 0.257 e. The minimum absolute atomic E-state index is 0.396. The summed E-state index contributed by atoms with van der Waals surface area (Å²) in [7, 11) is 0. The van der Waals surface area contributed by atoms with Crippen molar-refractivity contribution in [1.29, 1.82) is 5.26 Å². The summed E-state index contributed by atoms with van der Waals surface area (Å²) >= 11 is 5.79. The summed E-state index contributed by atoms with van der Waals surface area (Å²) in [6.07, 6.45) is 1.49. The molecule has 0 aromatic carbocycles. The molecule has 0 aromatic rings. The third-order valence-electron chi connectivity index (χ3n) is 0.377. The van der Waals surface area contributed by atoms with Crippen LogP contribution in [0.1, 0.15) is 0 Å². The Morgan fingerprint density at radius 2 is 2.25 bits per heavy atom. The van der Waals surface area contributed by atoms with E-state index < -0.39 is 9.64 Å². The van der Waals surface area contributed by atoms with Gasteiger partial charge in [-0.05, 0) is 0 Å². The average Bonchev–Trinajstić information content (AvgIpc) is 1.67. The Labute approximate surface area is 63.3 Å². The van der Waals surface area contributed by atoms with E-state index in [4.69, 9.17) is 5.26 Å². The van der Waals surface area contributed by atoms with Gasteiger partial charge >= 0.3 is 0 Å². The van der Waals surface area contributed by atoms with E-state index in [2.05, 4.69) is 31.9 Å².